The van der Waals surface area contributed by atoms with Crippen LogP contribution in [0.5, 0.6) is 11.5 Å². The molecule has 0 aliphatic heterocycles. The van der Waals surface area contributed by atoms with Gasteiger partial charge in [0.25, 0.3) is 5.91 Å². The van der Waals surface area contributed by atoms with Crippen LogP contribution in [0.15, 0.2) is 53.1 Å². The number of phenolic OH excluding ortho intramolecular Hbond substituents is 1. The number of benzene rings is 2. The number of phenols is 1. The highest BCUT2D eigenvalue weighted by Crippen LogP contribution is 2.25. The number of hydrogen-bond donors (Lipinski definition) is 1. The number of halogens is 1. The molecule has 29 heavy (non-hydrogen) atoms. The molecule has 8 heteroatoms. The van der Waals surface area contributed by atoms with Crippen molar-refractivity contribution in [3.63, 3.8) is 0 Å². The van der Waals surface area contributed by atoms with Crippen LogP contribution in [-0.2, 0) is 20.7 Å². The van der Waals surface area contributed by atoms with E-state index < -0.39 is 5.97 Å². The van der Waals surface area contributed by atoms with Gasteiger partial charge in [-0.3, -0.25) is 9.59 Å². The molecule has 0 atom stereocenters. The Hall–Kier alpha value is -3.19. The standard InChI is InChI=1S/C21H20ClNO6/c1-23(8-9-27-17-5-2-15(22)3-6-17)20(25)13-29-21(26)10-14-12-28-19-11-16(24)4-7-18(14)19/h2-7,11-12,24H,8-10,13H2,1H3. The summed E-state index contributed by atoms with van der Waals surface area (Å²) in [6.07, 6.45) is 1.40. The summed E-state index contributed by atoms with van der Waals surface area (Å²) < 4.78 is 15.9. The minimum absolute atomic E-state index is 0.0333. The van der Waals surface area contributed by atoms with E-state index in [2.05, 4.69) is 0 Å². The molecule has 1 amide bonds. The molecular formula is C21H20ClNO6. The fourth-order valence-corrected chi connectivity index (χ4v) is 2.75. The SMILES string of the molecule is CN(CCOc1ccc(Cl)cc1)C(=O)COC(=O)Cc1coc2cc(O)ccc12. The van der Waals surface area contributed by atoms with Crippen molar-refractivity contribution in [3.8, 4) is 11.5 Å². The molecule has 0 aliphatic carbocycles. The normalized spacial score (nSPS) is 10.7. The average Bonchev–Trinajstić information content (AvgIpc) is 3.09. The lowest BCUT2D eigenvalue weighted by Gasteiger charge is -2.17. The molecule has 152 valence electrons. The van der Waals surface area contributed by atoms with Crippen molar-refractivity contribution in [2.45, 2.75) is 6.42 Å². The second-order valence-electron chi connectivity index (χ2n) is 6.40. The molecule has 0 saturated carbocycles. The van der Waals surface area contributed by atoms with Gasteiger partial charge in [0.1, 0.15) is 23.7 Å². The van der Waals surface area contributed by atoms with Crippen LogP contribution in [0.3, 0.4) is 0 Å². The first-order valence-electron chi connectivity index (χ1n) is 8.89. The van der Waals surface area contributed by atoms with Crippen molar-refractivity contribution < 1.29 is 28.6 Å². The summed E-state index contributed by atoms with van der Waals surface area (Å²) >= 11 is 5.81. The highest BCUT2D eigenvalue weighted by Gasteiger charge is 2.15. The summed E-state index contributed by atoms with van der Waals surface area (Å²) in [5.74, 6) is -0.142. The minimum atomic E-state index is -0.542. The van der Waals surface area contributed by atoms with Gasteiger partial charge in [-0.2, -0.15) is 0 Å². The summed E-state index contributed by atoms with van der Waals surface area (Å²) in [4.78, 5) is 25.6. The summed E-state index contributed by atoms with van der Waals surface area (Å²) in [6, 6.07) is 11.6. The quantitative estimate of drug-likeness (QED) is 0.565. The van der Waals surface area contributed by atoms with Crippen LogP contribution < -0.4 is 4.74 Å². The zero-order valence-corrected chi connectivity index (χ0v) is 16.5. The van der Waals surface area contributed by atoms with Crippen molar-refractivity contribution in [3.05, 3.63) is 59.3 Å². The Kier molecular flexibility index (Phi) is 6.61. The molecule has 0 spiro atoms. The topological polar surface area (TPSA) is 89.2 Å². The summed E-state index contributed by atoms with van der Waals surface area (Å²) in [5, 5.41) is 10.8. The third-order valence-electron chi connectivity index (χ3n) is 4.27. The van der Waals surface area contributed by atoms with Gasteiger partial charge in [-0.1, -0.05) is 11.6 Å². The largest absolute Gasteiger partial charge is 0.508 e. The number of hydrogen-bond acceptors (Lipinski definition) is 6. The molecule has 2 aromatic carbocycles. The first-order valence-corrected chi connectivity index (χ1v) is 9.27. The molecule has 0 fully saturated rings. The van der Waals surface area contributed by atoms with Crippen LogP contribution in [-0.4, -0.2) is 48.7 Å². The number of rotatable bonds is 8. The Morgan fingerprint density at radius 3 is 2.69 bits per heavy atom. The van der Waals surface area contributed by atoms with E-state index >= 15 is 0 Å². The second kappa shape index (κ2) is 9.34. The number of aromatic hydroxyl groups is 1. The summed E-state index contributed by atoms with van der Waals surface area (Å²) in [5.41, 5.74) is 1.10. The van der Waals surface area contributed by atoms with E-state index in [4.69, 9.17) is 25.5 Å². The van der Waals surface area contributed by atoms with Gasteiger partial charge in [-0.05, 0) is 36.4 Å². The van der Waals surface area contributed by atoms with E-state index in [1.807, 2.05) is 0 Å². The first-order chi connectivity index (χ1) is 13.9. The third-order valence-corrected chi connectivity index (χ3v) is 4.52. The van der Waals surface area contributed by atoms with Crippen LogP contribution >= 0.6 is 11.6 Å². The molecule has 0 bridgehead atoms. The molecule has 1 heterocycles. The number of nitrogens with zero attached hydrogens (tertiary/aromatic N) is 1. The molecule has 1 aromatic heterocycles. The molecule has 1 N–H and O–H groups in total. The smallest absolute Gasteiger partial charge is 0.310 e. The maximum Gasteiger partial charge on any atom is 0.310 e. The zero-order chi connectivity index (χ0) is 20.8. The number of furan rings is 1. The molecule has 3 aromatic rings. The molecule has 0 radical (unpaired) electrons. The highest BCUT2D eigenvalue weighted by molar-refractivity contribution is 6.30. The Morgan fingerprint density at radius 1 is 1.17 bits per heavy atom. The number of likely N-dealkylation sites (N-methyl/N-ethyl adjacent to an activating group) is 1. The fourth-order valence-electron chi connectivity index (χ4n) is 2.62. The minimum Gasteiger partial charge on any atom is -0.508 e. The second-order valence-corrected chi connectivity index (χ2v) is 6.83. The van der Waals surface area contributed by atoms with Crippen LogP contribution in [0, 0.1) is 0 Å². The predicted molar refractivity (Wildman–Crippen MR) is 107 cm³/mol. The van der Waals surface area contributed by atoms with E-state index in [0.717, 1.165) is 0 Å². The summed E-state index contributed by atoms with van der Waals surface area (Å²) in [7, 11) is 1.61. The number of amides is 1. The van der Waals surface area contributed by atoms with Gasteiger partial charge in [0.15, 0.2) is 6.61 Å². The number of esters is 1. The van der Waals surface area contributed by atoms with E-state index in [9.17, 15) is 14.7 Å². The third kappa shape index (κ3) is 5.65. The molecular weight excluding hydrogens is 398 g/mol. The maximum atomic E-state index is 12.1. The van der Waals surface area contributed by atoms with Gasteiger partial charge < -0.3 is 23.9 Å². The lowest BCUT2D eigenvalue weighted by Crippen LogP contribution is -2.34. The van der Waals surface area contributed by atoms with Gasteiger partial charge in [0.2, 0.25) is 0 Å². The molecule has 0 saturated heterocycles. The Bertz CT molecular complexity index is 998. The average molecular weight is 418 g/mol. The number of carbonyl (C=O) groups is 2. The maximum absolute atomic E-state index is 12.1. The zero-order valence-electron chi connectivity index (χ0n) is 15.8. The van der Waals surface area contributed by atoms with Gasteiger partial charge in [0, 0.05) is 29.1 Å². The first kappa shape index (κ1) is 20.5. The van der Waals surface area contributed by atoms with Crippen LogP contribution in [0.2, 0.25) is 5.02 Å². The van der Waals surface area contributed by atoms with Gasteiger partial charge in [-0.15, -0.1) is 0 Å². The predicted octanol–water partition coefficient (Wildman–Crippen LogP) is 3.41. The molecule has 3 rings (SSSR count). The van der Waals surface area contributed by atoms with Crippen molar-refractivity contribution in [2.75, 3.05) is 26.8 Å². The molecule has 0 aliphatic rings. The Balaban J connectivity index is 1.41. The Labute approximate surface area is 172 Å². The lowest BCUT2D eigenvalue weighted by atomic mass is 10.1. The number of carbonyl (C=O) groups excluding carboxylic acids is 2. The van der Waals surface area contributed by atoms with E-state index in [1.165, 1.54) is 23.3 Å². The Morgan fingerprint density at radius 2 is 1.93 bits per heavy atom. The molecule has 7 nitrogen and oxygen atoms in total. The van der Waals surface area contributed by atoms with E-state index in [0.29, 0.717) is 40.5 Å². The van der Waals surface area contributed by atoms with E-state index in [1.54, 1.807) is 37.4 Å². The van der Waals surface area contributed by atoms with Crippen molar-refractivity contribution in [1.29, 1.82) is 0 Å². The van der Waals surface area contributed by atoms with Crippen LogP contribution in [0.4, 0.5) is 0 Å². The van der Waals surface area contributed by atoms with Crippen molar-refractivity contribution in [1.82, 2.24) is 4.90 Å². The van der Waals surface area contributed by atoms with Gasteiger partial charge in [-0.25, -0.2) is 0 Å². The fraction of sp³-hybridized carbons (Fsp3) is 0.238. The van der Waals surface area contributed by atoms with Crippen LogP contribution in [0.1, 0.15) is 5.56 Å². The van der Waals surface area contributed by atoms with E-state index in [-0.39, 0.29) is 24.7 Å². The summed E-state index contributed by atoms with van der Waals surface area (Å²) in [6.45, 7) is 0.285. The van der Waals surface area contributed by atoms with Gasteiger partial charge >= 0.3 is 5.97 Å². The lowest BCUT2D eigenvalue weighted by molar-refractivity contribution is -0.151. The van der Waals surface area contributed by atoms with Gasteiger partial charge in [0.05, 0.1) is 19.2 Å². The highest BCUT2D eigenvalue weighted by atomic mass is 35.5. The number of fused-ring (bicyclic) bond motifs is 1. The molecule has 0 unspecified atom stereocenters. The van der Waals surface area contributed by atoms with Crippen molar-refractivity contribution >= 4 is 34.4 Å². The monoisotopic (exact) mass is 417 g/mol. The van der Waals surface area contributed by atoms with Crippen LogP contribution in [0.25, 0.3) is 11.0 Å². The number of ether oxygens (including phenoxy) is 2. The van der Waals surface area contributed by atoms with Crippen molar-refractivity contribution in [2.24, 2.45) is 0 Å².